The standard InChI is InChI=1S/C25H21NO2/c27-23-16-21(22-17-28-25(26(22)23)20-14-8-3-9-15-20)24(18-10-4-1-5-11-18)19-12-6-2-7-13-19/h1-16,22,24-25H,17H2/t22-,25-/m1/s1. The van der Waals surface area contributed by atoms with Gasteiger partial charge in [0.05, 0.1) is 12.6 Å². The summed E-state index contributed by atoms with van der Waals surface area (Å²) >= 11 is 0. The van der Waals surface area contributed by atoms with Crippen LogP contribution in [-0.2, 0) is 9.53 Å². The molecule has 3 nitrogen and oxygen atoms in total. The van der Waals surface area contributed by atoms with Gasteiger partial charge in [0.25, 0.3) is 0 Å². The summed E-state index contributed by atoms with van der Waals surface area (Å²) in [5.74, 6) is 0.0719. The van der Waals surface area contributed by atoms with Gasteiger partial charge in [0.1, 0.15) is 0 Å². The van der Waals surface area contributed by atoms with Crippen molar-refractivity contribution in [3.05, 3.63) is 119 Å². The maximum absolute atomic E-state index is 13.0. The highest BCUT2D eigenvalue weighted by Crippen LogP contribution is 2.44. The van der Waals surface area contributed by atoms with Crippen molar-refractivity contribution in [2.45, 2.75) is 18.2 Å². The Morgan fingerprint density at radius 2 is 1.32 bits per heavy atom. The summed E-state index contributed by atoms with van der Waals surface area (Å²) in [6.45, 7) is 0.521. The first kappa shape index (κ1) is 17.0. The topological polar surface area (TPSA) is 29.5 Å². The molecule has 0 aliphatic carbocycles. The summed E-state index contributed by atoms with van der Waals surface area (Å²) in [5.41, 5.74) is 4.51. The van der Waals surface area contributed by atoms with Gasteiger partial charge in [-0.25, -0.2) is 0 Å². The molecule has 2 aliphatic heterocycles. The van der Waals surface area contributed by atoms with Crippen LogP contribution in [0.5, 0.6) is 0 Å². The third-order valence-electron chi connectivity index (χ3n) is 5.61. The fourth-order valence-electron chi connectivity index (χ4n) is 4.36. The Morgan fingerprint density at radius 3 is 1.89 bits per heavy atom. The van der Waals surface area contributed by atoms with E-state index in [2.05, 4.69) is 48.5 Å². The molecule has 138 valence electrons. The Bertz CT molecular complexity index is 959. The van der Waals surface area contributed by atoms with Crippen molar-refractivity contribution in [3.63, 3.8) is 0 Å². The molecule has 1 amide bonds. The summed E-state index contributed by atoms with van der Waals surface area (Å²) in [6.07, 6.45) is 1.51. The first-order chi connectivity index (χ1) is 13.8. The van der Waals surface area contributed by atoms with E-state index in [0.717, 1.165) is 11.1 Å². The molecule has 0 saturated carbocycles. The van der Waals surface area contributed by atoms with Gasteiger partial charge in [0, 0.05) is 17.6 Å². The number of hydrogen-bond donors (Lipinski definition) is 0. The summed E-state index contributed by atoms with van der Waals surface area (Å²) in [5, 5.41) is 0. The summed E-state index contributed by atoms with van der Waals surface area (Å²) in [7, 11) is 0. The van der Waals surface area contributed by atoms with Crippen molar-refractivity contribution in [2.75, 3.05) is 6.61 Å². The molecule has 0 unspecified atom stereocenters. The van der Waals surface area contributed by atoms with Crippen LogP contribution in [0.3, 0.4) is 0 Å². The molecule has 2 heterocycles. The molecule has 2 aliphatic rings. The van der Waals surface area contributed by atoms with Crippen molar-refractivity contribution >= 4 is 5.91 Å². The van der Waals surface area contributed by atoms with Crippen LogP contribution in [0.4, 0.5) is 0 Å². The lowest BCUT2D eigenvalue weighted by Gasteiger charge is -2.27. The van der Waals surface area contributed by atoms with E-state index >= 15 is 0 Å². The fourth-order valence-corrected chi connectivity index (χ4v) is 4.36. The minimum atomic E-state index is -0.320. The molecule has 3 aromatic rings. The second kappa shape index (κ2) is 7.10. The Labute approximate surface area is 164 Å². The van der Waals surface area contributed by atoms with E-state index in [4.69, 9.17) is 4.74 Å². The van der Waals surface area contributed by atoms with Crippen LogP contribution in [0.1, 0.15) is 28.8 Å². The lowest BCUT2D eigenvalue weighted by molar-refractivity contribution is -0.130. The molecule has 1 fully saturated rings. The van der Waals surface area contributed by atoms with Gasteiger partial charge in [-0.1, -0.05) is 91.0 Å². The quantitative estimate of drug-likeness (QED) is 0.670. The second-order valence-corrected chi connectivity index (χ2v) is 7.26. The van der Waals surface area contributed by atoms with E-state index in [1.807, 2.05) is 53.4 Å². The van der Waals surface area contributed by atoms with Gasteiger partial charge < -0.3 is 9.64 Å². The number of nitrogens with zero attached hydrogens (tertiary/aromatic N) is 1. The zero-order chi connectivity index (χ0) is 18.9. The van der Waals surface area contributed by atoms with Crippen molar-refractivity contribution < 1.29 is 9.53 Å². The van der Waals surface area contributed by atoms with Crippen molar-refractivity contribution in [1.29, 1.82) is 0 Å². The molecular weight excluding hydrogens is 346 g/mol. The molecular formula is C25H21NO2. The summed E-state index contributed by atoms with van der Waals surface area (Å²) in [6, 6.07) is 30.7. The van der Waals surface area contributed by atoms with Crippen molar-refractivity contribution in [2.24, 2.45) is 0 Å². The third-order valence-corrected chi connectivity index (χ3v) is 5.61. The van der Waals surface area contributed by atoms with Crippen LogP contribution in [0.2, 0.25) is 0 Å². The average molecular weight is 367 g/mol. The van der Waals surface area contributed by atoms with Gasteiger partial charge in [0.15, 0.2) is 6.23 Å². The largest absolute Gasteiger partial charge is 0.351 e. The fraction of sp³-hybridized carbons (Fsp3) is 0.160. The molecule has 3 heteroatoms. The van der Waals surface area contributed by atoms with Crippen LogP contribution in [0, 0.1) is 0 Å². The highest BCUT2D eigenvalue weighted by atomic mass is 16.5. The first-order valence-corrected chi connectivity index (χ1v) is 9.63. The van der Waals surface area contributed by atoms with E-state index < -0.39 is 0 Å². The zero-order valence-electron chi connectivity index (χ0n) is 15.4. The lowest BCUT2D eigenvalue weighted by atomic mass is 9.82. The maximum Gasteiger partial charge on any atom is 0.249 e. The molecule has 3 aromatic carbocycles. The van der Waals surface area contributed by atoms with Crippen LogP contribution in [-0.4, -0.2) is 23.5 Å². The molecule has 5 rings (SSSR count). The Hall–Kier alpha value is -3.17. The number of amides is 1. The summed E-state index contributed by atoms with van der Waals surface area (Å²) in [4.78, 5) is 14.9. The Balaban J connectivity index is 1.55. The smallest absolute Gasteiger partial charge is 0.249 e. The minimum Gasteiger partial charge on any atom is -0.351 e. The first-order valence-electron chi connectivity index (χ1n) is 9.63. The van der Waals surface area contributed by atoms with Crippen molar-refractivity contribution in [1.82, 2.24) is 4.90 Å². The lowest BCUT2D eigenvalue weighted by Crippen LogP contribution is -2.33. The molecule has 0 spiro atoms. The monoisotopic (exact) mass is 367 g/mol. The molecule has 2 atom stereocenters. The predicted octanol–water partition coefficient (Wildman–Crippen LogP) is 4.68. The number of rotatable bonds is 4. The number of ether oxygens (including phenoxy) is 1. The van der Waals surface area contributed by atoms with Gasteiger partial charge in [-0.2, -0.15) is 0 Å². The zero-order valence-corrected chi connectivity index (χ0v) is 15.4. The Morgan fingerprint density at radius 1 is 0.786 bits per heavy atom. The van der Waals surface area contributed by atoms with Crippen LogP contribution in [0.25, 0.3) is 0 Å². The molecule has 0 radical (unpaired) electrons. The molecule has 28 heavy (non-hydrogen) atoms. The van der Waals surface area contributed by atoms with E-state index in [1.165, 1.54) is 11.1 Å². The Kier molecular flexibility index (Phi) is 4.30. The second-order valence-electron chi connectivity index (χ2n) is 7.26. The normalized spacial score (nSPS) is 21.1. The van der Waals surface area contributed by atoms with Gasteiger partial charge in [-0.15, -0.1) is 0 Å². The van der Waals surface area contributed by atoms with Crippen LogP contribution >= 0.6 is 0 Å². The maximum atomic E-state index is 13.0. The van der Waals surface area contributed by atoms with E-state index in [-0.39, 0.29) is 24.1 Å². The number of hydrogen-bond acceptors (Lipinski definition) is 2. The average Bonchev–Trinajstić information content (AvgIpc) is 3.33. The van der Waals surface area contributed by atoms with E-state index in [1.54, 1.807) is 0 Å². The van der Waals surface area contributed by atoms with E-state index in [0.29, 0.717) is 6.61 Å². The minimum absolute atomic E-state index is 0.0308. The van der Waals surface area contributed by atoms with Gasteiger partial charge >= 0.3 is 0 Å². The predicted molar refractivity (Wildman–Crippen MR) is 109 cm³/mol. The van der Waals surface area contributed by atoms with Crippen LogP contribution < -0.4 is 0 Å². The third kappa shape index (κ3) is 2.85. The number of fused-ring (bicyclic) bond motifs is 1. The molecule has 1 saturated heterocycles. The molecule has 0 aromatic heterocycles. The highest BCUT2D eigenvalue weighted by molar-refractivity contribution is 5.93. The number of benzene rings is 3. The SMILES string of the molecule is O=C1C=C(C(c2ccccc2)c2ccccc2)[C@H]2CO[C@H](c3ccccc3)N12. The van der Waals surface area contributed by atoms with Crippen LogP contribution in [0.15, 0.2) is 103 Å². The van der Waals surface area contributed by atoms with Gasteiger partial charge in [0.2, 0.25) is 5.91 Å². The van der Waals surface area contributed by atoms with Crippen molar-refractivity contribution in [3.8, 4) is 0 Å². The number of carbonyl (C=O) groups is 1. The van der Waals surface area contributed by atoms with Gasteiger partial charge in [-0.3, -0.25) is 4.79 Å². The number of carbonyl (C=O) groups excluding carboxylic acids is 1. The summed E-state index contributed by atoms with van der Waals surface area (Å²) < 4.78 is 6.09. The molecule has 0 bridgehead atoms. The van der Waals surface area contributed by atoms with E-state index in [9.17, 15) is 4.79 Å². The molecule has 0 N–H and O–H groups in total. The highest BCUT2D eigenvalue weighted by Gasteiger charge is 2.46. The van der Waals surface area contributed by atoms with Gasteiger partial charge in [-0.05, 0) is 16.7 Å².